The minimum atomic E-state index is -0.347. The van der Waals surface area contributed by atoms with E-state index in [0.717, 1.165) is 26.1 Å². The highest BCUT2D eigenvalue weighted by Gasteiger charge is 2.45. The zero-order valence-corrected chi connectivity index (χ0v) is 14.6. The molecular formula is C21H27FN2. The molecule has 128 valence electrons. The van der Waals surface area contributed by atoms with Gasteiger partial charge in [-0.3, -0.25) is 4.90 Å². The molecule has 24 heavy (non-hydrogen) atoms. The average Bonchev–Trinajstić information content (AvgIpc) is 3.03. The van der Waals surface area contributed by atoms with Gasteiger partial charge in [0.1, 0.15) is 5.83 Å². The number of nitrogens with one attached hydrogen (secondary N) is 1. The summed E-state index contributed by atoms with van der Waals surface area (Å²) in [7, 11) is 0. The summed E-state index contributed by atoms with van der Waals surface area (Å²) >= 11 is 0. The predicted octanol–water partition coefficient (Wildman–Crippen LogP) is 4.40. The third kappa shape index (κ3) is 3.24. The maximum atomic E-state index is 14.6. The smallest absolute Gasteiger partial charge is 0.106 e. The zero-order valence-electron chi connectivity index (χ0n) is 14.6. The Balaban J connectivity index is 1.93. The summed E-state index contributed by atoms with van der Waals surface area (Å²) in [6.45, 7) is 7.19. The van der Waals surface area contributed by atoms with Gasteiger partial charge in [-0.2, -0.15) is 0 Å². The number of allylic oxidation sites excluding steroid dienone is 2. The molecule has 3 rings (SSSR count). The van der Waals surface area contributed by atoms with Crippen LogP contribution in [0.15, 0.2) is 66.0 Å². The molecule has 1 spiro atoms. The second-order valence-electron chi connectivity index (χ2n) is 6.79. The molecule has 2 nitrogen and oxygen atoms in total. The molecule has 1 aromatic carbocycles. The summed E-state index contributed by atoms with van der Waals surface area (Å²) in [5.74, 6) is 0.0728. The molecule has 2 aliphatic heterocycles. The molecule has 0 radical (unpaired) electrons. The number of halogens is 1. The molecule has 2 aliphatic rings. The molecule has 3 heteroatoms. The highest BCUT2D eigenvalue weighted by Crippen LogP contribution is 2.44. The lowest BCUT2D eigenvalue weighted by Crippen LogP contribution is -2.41. The first-order chi connectivity index (χ1) is 11.7. The predicted molar refractivity (Wildman–Crippen MR) is 98.4 cm³/mol. The monoisotopic (exact) mass is 326 g/mol. The van der Waals surface area contributed by atoms with Gasteiger partial charge < -0.3 is 5.32 Å². The normalized spacial score (nSPS) is 27.0. The van der Waals surface area contributed by atoms with Gasteiger partial charge in [0.2, 0.25) is 0 Å². The van der Waals surface area contributed by atoms with E-state index < -0.39 is 0 Å². The lowest BCUT2D eigenvalue weighted by molar-refractivity contribution is 0.216. The number of rotatable bonds is 4. The average molecular weight is 326 g/mol. The van der Waals surface area contributed by atoms with E-state index in [1.54, 1.807) is 6.08 Å². The number of hydrogen-bond acceptors (Lipinski definition) is 2. The Labute approximate surface area is 144 Å². The standard InChI is InChI=1S/C21H27FN2/c1-3-8-17(4-2)20(18-9-6-5-7-10-18)24-14-12-21(16-24)15-23-13-11-19(21)22/h3-11,20,23H,12-16H2,1-2H3/b8-3-,17-4+. The molecule has 2 heterocycles. The van der Waals surface area contributed by atoms with E-state index >= 15 is 0 Å². The molecule has 2 unspecified atom stereocenters. The van der Waals surface area contributed by atoms with Crippen LogP contribution in [0.1, 0.15) is 31.9 Å². The Morgan fingerprint density at radius 1 is 1.29 bits per heavy atom. The molecule has 0 bridgehead atoms. The number of likely N-dealkylation sites (tertiary alicyclic amines) is 1. The van der Waals surface area contributed by atoms with Crippen molar-refractivity contribution in [2.75, 3.05) is 26.2 Å². The van der Waals surface area contributed by atoms with Crippen molar-refractivity contribution < 1.29 is 4.39 Å². The van der Waals surface area contributed by atoms with Crippen molar-refractivity contribution in [2.45, 2.75) is 26.3 Å². The van der Waals surface area contributed by atoms with Gasteiger partial charge in [0, 0.05) is 31.6 Å². The first kappa shape index (κ1) is 17.1. The van der Waals surface area contributed by atoms with Gasteiger partial charge >= 0.3 is 0 Å². The molecule has 1 N–H and O–H groups in total. The second-order valence-corrected chi connectivity index (χ2v) is 6.79. The lowest BCUT2D eigenvalue weighted by Gasteiger charge is -2.34. The molecule has 1 saturated heterocycles. The largest absolute Gasteiger partial charge is 0.312 e. The fraction of sp³-hybridized carbons (Fsp3) is 0.429. The minimum Gasteiger partial charge on any atom is -0.312 e. The van der Waals surface area contributed by atoms with Gasteiger partial charge in [0.05, 0.1) is 6.04 Å². The van der Waals surface area contributed by atoms with Gasteiger partial charge in [0.15, 0.2) is 0 Å². The van der Waals surface area contributed by atoms with Gasteiger partial charge in [-0.05, 0) is 37.5 Å². The van der Waals surface area contributed by atoms with Crippen molar-refractivity contribution in [3.8, 4) is 0 Å². The third-order valence-electron chi connectivity index (χ3n) is 5.27. The molecule has 1 aromatic rings. The Kier molecular flexibility index (Phi) is 5.32. The van der Waals surface area contributed by atoms with Crippen LogP contribution in [0.5, 0.6) is 0 Å². The summed E-state index contributed by atoms with van der Waals surface area (Å²) in [4.78, 5) is 2.44. The van der Waals surface area contributed by atoms with Crippen LogP contribution >= 0.6 is 0 Å². The number of benzene rings is 1. The van der Waals surface area contributed by atoms with Crippen LogP contribution in [-0.4, -0.2) is 31.1 Å². The third-order valence-corrected chi connectivity index (χ3v) is 5.27. The fourth-order valence-electron chi connectivity index (χ4n) is 4.03. The maximum Gasteiger partial charge on any atom is 0.106 e. The molecule has 0 amide bonds. The summed E-state index contributed by atoms with van der Waals surface area (Å²) in [5.41, 5.74) is 2.20. The molecule has 1 fully saturated rings. The Hall–Kier alpha value is -1.71. The van der Waals surface area contributed by atoms with Crippen LogP contribution in [-0.2, 0) is 0 Å². The van der Waals surface area contributed by atoms with Gasteiger partial charge in [-0.15, -0.1) is 0 Å². The van der Waals surface area contributed by atoms with Crippen LogP contribution in [0, 0.1) is 5.41 Å². The number of hydrogen-bond donors (Lipinski definition) is 1. The lowest BCUT2D eigenvalue weighted by atomic mass is 9.83. The van der Waals surface area contributed by atoms with Crippen molar-refractivity contribution in [3.63, 3.8) is 0 Å². The quantitative estimate of drug-likeness (QED) is 0.825. The van der Waals surface area contributed by atoms with E-state index in [-0.39, 0.29) is 17.3 Å². The summed E-state index contributed by atoms with van der Waals surface area (Å²) in [6.07, 6.45) is 9.02. The first-order valence-electron chi connectivity index (χ1n) is 8.85. The molecule has 0 aliphatic carbocycles. The van der Waals surface area contributed by atoms with Crippen molar-refractivity contribution >= 4 is 0 Å². The topological polar surface area (TPSA) is 15.3 Å². The van der Waals surface area contributed by atoms with E-state index in [4.69, 9.17) is 0 Å². The highest BCUT2D eigenvalue weighted by atomic mass is 19.1. The van der Waals surface area contributed by atoms with Crippen molar-refractivity contribution in [1.82, 2.24) is 10.2 Å². The Morgan fingerprint density at radius 3 is 2.75 bits per heavy atom. The van der Waals surface area contributed by atoms with Crippen LogP contribution in [0.25, 0.3) is 0 Å². The van der Waals surface area contributed by atoms with E-state index in [2.05, 4.69) is 59.6 Å². The first-order valence-corrected chi connectivity index (χ1v) is 8.85. The summed E-state index contributed by atoms with van der Waals surface area (Å²) in [6, 6.07) is 10.7. The van der Waals surface area contributed by atoms with Crippen molar-refractivity contribution in [2.24, 2.45) is 5.41 Å². The SMILES string of the molecule is C/C=C\C(=C/C)C(c1ccccc1)N1CCC2(CNCC=C2F)C1. The van der Waals surface area contributed by atoms with E-state index in [1.807, 2.05) is 13.0 Å². The van der Waals surface area contributed by atoms with Gasteiger partial charge in [0.25, 0.3) is 0 Å². The molecular weight excluding hydrogens is 299 g/mol. The van der Waals surface area contributed by atoms with E-state index in [1.165, 1.54) is 11.1 Å². The maximum absolute atomic E-state index is 14.6. The molecule has 0 saturated carbocycles. The Bertz CT molecular complexity index is 647. The van der Waals surface area contributed by atoms with E-state index in [0.29, 0.717) is 6.54 Å². The number of nitrogens with zero attached hydrogens (tertiary/aromatic N) is 1. The van der Waals surface area contributed by atoms with Crippen LogP contribution in [0.3, 0.4) is 0 Å². The second kappa shape index (κ2) is 7.45. The molecule has 0 aromatic heterocycles. The van der Waals surface area contributed by atoms with Crippen LogP contribution < -0.4 is 5.32 Å². The van der Waals surface area contributed by atoms with E-state index in [9.17, 15) is 4.39 Å². The van der Waals surface area contributed by atoms with Crippen molar-refractivity contribution in [1.29, 1.82) is 0 Å². The minimum absolute atomic E-state index is 0.0728. The van der Waals surface area contributed by atoms with Crippen LogP contribution in [0.4, 0.5) is 4.39 Å². The van der Waals surface area contributed by atoms with Gasteiger partial charge in [-0.25, -0.2) is 4.39 Å². The highest BCUT2D eigenvalue weighted by molar-refractivity contribution is 5.35. The van der Waals surface area contributed by atoms with Crippen LogP contribution in [0.2, 0.25) is 0 Å². The Morgan fingerprint density at radius 2 is 2.08 bits per heavy atom. The van der Waals surface area contributed by atoms with Crippen molar-refractivity contribution in [3.05, 3.63) is 71.6 Å². The summed E-state index contributed by atoms with van der Waals surface area (Å²) in [5, 5.41) is 3.34. The zero-order chi connectivity index (χ0) is 17.0. The molecule has 2 atom stereocenters. The van der Waals surface area contributed by atoms with Gasteiger partial charge in [-0.1, -0.05) is 48.6 Å². The summed E-state index contributed by atoms with van der Waals surface area (Å²) < 4.78 is 14.6. The fourth-order valence-corrected chi connectivity index (χ4v) is 4.03.